The van der Waals surface area contributed by atoms with Gasteiger partial charge in [0.25, 0.3) is 0 Å². The van der Waals surface area contributed by atoms with Gasteiger partial charge in [0.05, 0.1) is 32.2 Å². The maximum absolute atomic E-state index is 12.3. The molecule has 0 saturated carbocycles. The molecular formula is C17H27NO5S. The Balaban J connectivity index is 1.99. The van der Waals surface area contributed by atoms with Crippen molar-refractivity contribution >= 4 is 10.0 Å². The topological polar surface area (TPSA) is 65.1 Å². The monoisotopic (exact) mass is 357 g/mol. The molecule has 1 aromatic rings. The highest BCUT2D eigenvalue weighted by Crippen LogP contribution is 2.25. The minimum absolute atomic E-state index is 0.0931. The van der Waals surface area contributed by atoms with E-state index in [9.17, 15) is 8.42 Å². The molecule has 6 nitrogen and oxygen atoms in total. The lowest BCUT2D eigenvalue weighted by Crippen LogP contribution is -2.45. The molecule has 1 saturated heterocycles. The maximum atomic E-state index is 12.3. The fourth-order valence-corrected chi connectivity index (χ4v) is 4.09. The fraction of sp³-hybridized carbons (Fsp3) is 0.647. The molecule has 0 aliphatic carbocycles. The molecule has 0 amide bonds. The van der Waals surface area contributed by atoms with E-state index >= 15 is 0 Å². The number of rotatable bonds is 7. The molecule has 0 N–H and O–H groups in total. The van der Waals surface area contributed by atoms with E-state index in [2.05, 4.69) is 0 Å². The lowest BCUT2D eigenvalue weighted by molar-refractivity contribution is 0.00787. The average Bonchev–Trinajstić information content (AvgIpc) is 2.59. The van der Waals surface area contributed by atoms with Crippen molar-refractivity contribution < 1.29 is 22.6 Å². The van der Waals surface area contributed by atoms with Crippen LogP contribution in [0, 0.1) is 0 Å². The molecule has 1 aliphatic rings. The van der Waals surface area contributed by atoms with Gasteiger partial charge in [-0.25, -0.2) is 8.42 Å². The van der Waals surface area contributed by atoms with Gasteiger partial charge < -0.3 is 14.2 Å². The van der Waals surface area contributed by atoms with Crippen LogP contribution < -0.4 is 9.47 Å². The van der Waals surface area contributed by atoms with E-state index in [0.29, 0.717) is 31.2 Å². The molecule has 0 spiro atoms. The predicted molar refractivity (Wildman–Crippen MR) is 93.0 cm³/mol. The summed E-state index contributed by atoms with van der Waals surface area (Å²) < 4.78 is 42.6. The van der Waals surface area contributed by atoms with Gasteiger partial charge in [-0.3, -0.25) is 0 Å². The zero-order valence-corrected chi connectivity index (χ0v) is 15.6. The van der Waals surface area contributed by atoms with Crippen molar-refractivity contribution in [3.8, 4) is 11.5 Å². The van der Waals surface area contributed by atoms with Crippen LogP contribution >= 0.6 is 0 Å². The summed E-state index contributed by atoms with van der Waals surface area (Å²) >= 11 is 0. The summed E-state index contributed by atoms with van der Waals surface area (Å²) in [5.74, 6) is 1.42. The van der Waals surface area contributed by atoms with Gasteiger partial charge in [-0.1, -0.05) is 0 Å². The van der Waals surface area contributed by atoms with Crippen LogP contribution in [0.2, 0.25) is 0 Å². The van der Waals surface area contributed by atoms with Crippen LogP contribution in [0.1, 0.15) is 32.3 Å². The molecule has 1 aromatic carbocycles. The van der Waals surface area contributed by atoms with Gasteiger partial charge in [-0.05, 0) is 44.4 Å². The SMILES string of the molecule is COc1cc(COC2CCCN(S(=O)(=O)C(C)C)C2)cc(OC)c1. The molecule has 1 unspecified atom stereocenters. The van der Waals surface area contributed by atoms with Crippen molar-refractivity contribution in [1.29, 1.82) is 0 Å². The van der Waals surface area contributed by atoms with E-state index in [4.69, 9.17) is 14.2 Å². The summed E-state index contributed by atoms with van der Waals surface area (Å²) in [6.45, 7) is 4.81. The van der Waals surface area contributed by atoms with Crippen molar-refractivity contribution in [3.05, 3.63) is 23.8 Å². The Bertz CT molecular complexity index is 622. The molecule has 1 fully saturated rings. The number of sulfonamides is 1. The predicted octanol–water partition coefficient (Wildman–Crippen LogP) is 2.42. The summed E-state index contributed by atoms with van der Waals surface area (Å²) in [5.41, 5.74) is 0.940. The van der Waals surface area contributed by atoms with Crippen LogP contribution in [0.25, 0.3) is 0 Å². The number of piperidine rings is 1. The van der Waals surface area contributed by atoms with Gasteiger partial charge in [0, 0.05) is 19.2 Å². The molecule has 136 valence electrons. The highest BCUT2D eigenvalue weighted by atomic mass is 32.2. The summed E-state index contributed by atoms with van der Waals surface area (Å²) in [6.07, 6.45) is 1.59. The average molecular weight is 357 g/mol. The van der Waals surface area contributed by atoms with E-state index in [-0.39, 0.29) is 6.10 Å². The van der Waals surface area contributed by atoms with Crippen molar-refractivity contribution in [2.75, 3.05) is 27.3 Å². The molecule has 7 heteroatoms. The minimum atomic E-state index is -3.22. The molecule has 1 aliphatic heterocycles. The lowest BCUT2D eigenvalue weighted by Gasteiger charge is -2.33. The van der Waals surface area contributed by atoms with Gasteiger partial charge in [0.1, 0.15) is 11.5 Å². The maximum Gasteiger partial charge on any atom is 0.216 e. The lowest BCUT2D eigenvalue weighted by atomic mass is 10.1. The van der Waals surface area contributed by atoms with Crippen LogP contribution in [0.15, 0.2) is 18.2 Å². The molecule has 1 heterocycles. The van der Waals surface area contributed by atoms with Gasteiger partial charge >= 0.3 is 0 Å². The van der Waals surface area contributed by atoms with Crippen LogP contribution in [-0.2, 0) is 21.4 Å². The third kappa shape index (κ3) is 4.62. The number of nitrogens with zero attached hydrogens (tertiary/aromatic N) is 1. The molecule has 24 heavy (non-hydrogen) atoms. The summed E-state index contributed by atoms with van der Waals surface area (Å²) in [7, 11) is -0.0111. The van der Waals surface area contributed by atoms with Crippen LogP contribution in [0.4, 0.5) is 0 Å². The zero-order valence-electron chi connectivity index (χ0n) is 14.8. The number of benzene rings is 1. The van der Waals surface area contributed by atoms with Crippen LogP contribution in [-0.4, -0.2) is 51.4 Å². The van der Waals surface area contributed by atoms with Crippen LogP contribution in [0.3, 0.4) is 0 Å². The Hall–Kier alpha value is -1.31. The standard InChI is InChI=1S/C17H27NO5S/c1-13(2)24(19,20)18-7-5-6-15(11-18)23-12-14-8-16(21-3)10-17(9-14)22-4/h8-10,13,15H,5-7,11-12H2,1-4H3. The second-order valence-electron chi connectivity index (χ2n) is 6.25. The van der Waals surface area contributed by atoms with Crippen molar-refractivity contribution in [3.63, 3.8) is 0 Å². The molecule has 2 rings (SSSR count). The zero-order chi connectivity index (χ0) is 17.7. The second-order valence-corrected chi connectivity index (χ2v) is 8.74. The van der Waals surface area contributed by atoms with Gasteiger partial charge in [-0.15, -0.1) is 0 Å². The third-order valence-corrected chi connectivity index (χ3v) is 6.44. The van der Waals surface area contributed by atoms with E-state index in [1.54, 1.807) is 38.4 Å². The Labute approximate surface area is 144 Å². The fourth-order valence-electron chi connectivity index (χ4n) is 2.73. The number of hydrogen-bond donors (Lipinski definition) is 0. The Morgan fingerprint density at radius 2 is 1.79 bits per heavy atom. The number of hydrogen-bond acceptors (Lipinski definition) is 5. The second kappa shape index (κ2) is 8.18. The summed E-state index contributed by atoms with van der Waals surface area (Å²) in [6, 6.07) is 5.60. The normalized spacial score (nSPS) is 19.5. The Kier molecular flexibility index (Phi) is 6.48. The van der Waals surface area contributed by atoms with Gasteiger partial charge in [0.15, 0.2) is 0 Å². The molecular weight excluding hydrogens is 330 g/mol. The van der Waals surface area contributed by atoms with E-state index < -0.39 is 15.3 Å². The third-order valence-electron chi connectivity index (χ3n) is 4.19. The molecule has 1 atom stereocenters. The summed E-state index contributed by atoms with van der Waals surface area (Å²) in [4.78, 5) is 0. The van der Waals surface area contributed by atoms with E-state index in [1.165, 1.54) is 0 Å². The number of ether oxygens (including phenoxy) is 3. The first kappa shape index (κ1) is 19.0. The quantitative estimate of drug-likeness (QED) is 0.750. The first-order valence-corrected chi connectivity index (χ1v) is 9.69. The first-order chi connectivity index (χ1) is 11.4. The minimum Gasteiger partial charge on any atom is -0.497 e. The van der Waals surface area contributed by atoms with Crippen molar-refractivity contribution in [2.45, 2.75) is 44.6 Å². The van der Waals surface area contributed by atoms with E-state index in [0.717, 1.165) is 18.4 Å². The van der Waals surface area contributed by atoms with Crippen molar-refractivity contribution in [1.82, 2.24) is 4.31 Å². The molecule has 0 aromatic heterocycles. The molecule has 0 bridgehead atoms. The largest absolute Gasteiger partial charge is 0.497 e. The van der Waals surface area contributed by atoms with Gasteiger partial charge in [0.2, 0.25) is 10.0 Å². The highest BCUT2D eigenvalue weighted by molar-refractivity contribution is 7.89. The number of methoxy groups -OCH3 is 2. The van der Waals surface area contributed by atoms with Crippen molar-refractivity contribution in [2.24, 2.45) is 0 Å². The smallest absolute Gasteiger partial charge is 0.216 e. The Morgan fingerprint density at radius 3 is 2.33 bits per heavy atom. The molecule has 0 radical (unpaired) electrons. The van der Waals surface area contributed by atoms with E-state index in [1.807, 2.05) is 12.1 Å². The van der Waals surface area contributed by atoms with Crippen LogP contribution in [0.5, 0.6) is 11.5 Å². The highest BCUT2D eigenvalue weighted by Gasteiger charge is 2.31. The Morgan fingerprint density at radius 1 is 1.17 bits per heavy atom. The van der Waals surface area contributed by atoms with Gasteiger partial charge in [-0.2, -0.15) is 4.31 Å². The summed E-state index contributed by atoms with van der Waals surface area (Å²) in [5, 5.41) is -0.404. The first-order valence-electron chi connectivity index (χ1n) is 8.19.